The van der Waals surface area contributed by atoms with Gasteiger partial charge in [-0.3, -0.25) is 9.48 Å². The lowest BCUT2D eigenvalue weighted by atomic mass is 9.80. The van der Waals surface area contributed by atoms with Gasteiger partial charge >= 0.3 is 12.3 Å². The van der Waals surface area contributed by atoms with Crippen molar-refractivity contribution in [3.63, 3.8) is 0 Å². The summed E-state index contributed by atoms with van der Waals surface area (Å²) in [6.45, 7) is 6.35. The fourth-order valence-corrected chi connectivity index (χ4v) is 6.62. The van der Waals surface area contributed by atoms with Crippen molar-refractivity contribution in [3.05, 3.63) is 53.1 Å². The number of nitrogen functional groups attached to an aromatic ring is 1. The zero-order valence-corrected chi connectivity index (χ0v) is 22.6. The molecule has 0 bridgehead atoms. The minimum absolute atomic E-state index is 0.0111. The predicted octanol–water partition coefficient (Wildman–Crippen LogP) is 4.06. The minimum atomic E-state index is -4.62. The summed E-state index contributed by atoms with van der Waals surface area (Å²) < 4.78 is 62.0. The van der Waals surface area contributed by atoms with Crippen LogP contribution in [0.1, 0.15) is 54.7 Å². The molecule has 3 fully saturated rings. The number of likely N-dealkylation sites (tertiary alicyclic amines) is 1. The molecule has 218 valence electrons. The van der Waals surface area contributed by atoms with E-state index in [1.54, 1.807) is 9.58 Å². The molecule has 0 radical (unpaired) electrons. The van der Waals surface area contributed by atoms with Gasteiger partial charge in [0.15, 0.2) is 0 Å². The maximum atomic E-state index is 14.3. The van der Waals surface area contributed by atoms with E-state index in [1.807, 2.05) is 20.8 Å². The summed E-state index contributed by atoms with van der Waals surface area (Å²) in [5.74, 6) is -0.974. The molecule has 1 unspecified atom stereocenters. The molecule has 10 nitrogen and oxygen atoms in total. The highest BCUT2D eigenvalue weighted by molar-refractivity contribution is 6.03. The summed E-state index contributed by atoms with van der Waals surface area (Å²) >= 11 is 0. The number of aromatic nitrogens is 4. The van der Waals surface area contributed by atoms with E-state index >= 15 is 0 Å². The SMILES string of the molecule is CC(C)(C)OC(=O)N1CC2[C@@H]3[C@H](n4nc(-c5cnn(Cc6cc(C(F)(F)F)ccc6F)c5)c(C(N)=O)c4N)C[C@]23C1. The summed E-state index contributed by atoms with van der Waals surface area (Å²) in [4.78, 5) is 26.6. The van der Waals surface area contributed by atoms with Gasteiger partial charge < -0.3 is 21.1 Å². The summed E-state index contributed by atoms with van der Waals surface area (Å²) in [6.07, 6.45) is -1.41. The van der Waals surface area contributed by atoms with Crippen molar-refractivity contribution >= 4 is 17.8 Å². The quantitative estimate of drug-likeness (QED) is 0.441. The van der Waals surface area contributed by atoms with Gasteiger partial charge in [0.05, 0.1) is 24.3 Å². The van der Waals surface area contributed by atoms with E-state index < -0.39 is 29.1 Å². The molecule has 4 N–H and O–H groups in total. The lowest BCUT2D eigenvalue weighted by molar-refractivity contribution is -0.137. The fraction of sp³-hybridized carbons (Fsp3) is 0.481. The average Bonchev–Trinajstić information content (AvgIpc) is 3.34. The normalized spacial score (nSPS) is 25.0. The lowest BCUT2D eigenvalue weighted by Gasteiger charge is -2.37. The molecule has 1 spiro atoms. The Balaban J connectivity index is 1.21. The maximum absolute atomic E-state index is 14.3. The molecule has 1 aromatic carbocycles. The zero-order chi connectivity index (χ0) is 29.6. The van der Waals surface area contributed by atoms with Crippen molar-refractivity contribution < 1.29 is 31.9 Å². The highest BCUT2D eigenvalue weighted by atomic mass is 19.4. The predicted molar refractivity (Wildman–Crippen MR) is 138 cm³/mol. The van der Waals surface area contributed by atoms with Crippen LogP contribution >= 0.6 is 0 Å². The number of fused-ring (bicyclic) bond motifs is 1. The molecule has 4 atom stereocenters. The molecule has 3 aromatic rings. The Labute approximate surface area is 232 Å². The van der Waals surface area contributed by atoms with E-state index in [-0.39, 0.29) is 58.6 Å². The molecule has 6 rings (SSSR count). The number of hydrogen-bond donors (Lipinski definition) is 2. The van der Waals surface area contributed by atoms with Gasteiger partial charge in [-0.25, -0.2) is 13.9 Å². The van der Waals surface area contributed by atoms with Crippen molar-refractivity contribution in [3.8, 4) is 11.3 Å². The number of nitrogens with zero attached hydrogens (tertiary/aromatic N) is 5. The monoisotopic (exact) mass is 575 g/mol. The maximum Gasteiger partial charge on any atom is 0.416 e. The number of primary amides is 1. The molecule has 1 aliphatic heterocycles. The number of hydrogen-bond acceptors (Lipinski definition) is 6. The number of nitrogens with two attached hydrogens (primary N) is 2. The van der Waals surface area contributed by atoms with E-state index in [2.05, 4.69) is 10.2 Å². The van der Waals surface area contributed by atoms with Crippen LogP contribution in [0.4, 0.5) is 28.2 Å². The third kappa shape index (κ3) is 4.39. The first-order chi connectivity index (χ1) is 19.1. The number of ether oxygens (including phenoxy) is 1. The van der Waals surface area contributed by atoms with Gasteiger partial charge in [-0.2, -0.15) is 23.4 Å². The third-order valence-electron chi connectivity index (χ3n) is 8.40. The summed E-state index contributed by atoms with van der Waals surface area (Å²) in [5.41, 5.74) is 10.8. The van der Waals surface area contributed by atoms with Crippen LogP contribution in [-0.2, 0) is 17.5 Å². The van der Waals surface area contributed by atoms with Crippen molar-refractivity contribution in [2.45, 2.75) is 51.6 Å². The molecule has 2 amide bonds. The second-order valence-corrected chi connectivity index (χ2v) is 12.1. The molecular formula is C27H29F4N7O3. The van der Waals surface area contributed by atoms with E-state index in [0.717, 1.165) is 18.6 Å². The van der Waals surface area contributed by atoms with Crippen LogP contribution in [-0.4, -0.2) is 55.2 Å². The number of amides is 2. The van der Waals surface area contributed by atoms with Gasteiger partial charge in [-0.15, -0.1) is 0 Å². The van der Waals surface area contributed by atoms with Crippen LogP contribution in [0.25, 0.3) is 11.3 Å². The van der Waals surface area contributed by atoms with Crippen molar-refractivity contribution in [2.75, 3.05) is 18.8 Å². The Hall–Kier alpha value is -4.10. The Bertz CT molecular complexity index is 1570. The number of anilines is 1. The van der Waals surface area contributed by atoms with Crippen molar-refractivity contribution in [2.24, 2.45) is 23.0 Å². The van der Waals surface area contributed by atoms with E-state index in [0.29, 0.717) is 24.7 Å². The molecule has 41 heavy (non-hydrogen) atoms. The fourth-order valence-electron chi connectivity index (χ4n) is 6.62. The number of halogens is 4. The van der Waals surface area contributed by atoms with Gasteiger partial charge in [0.2, 0.25) is 0 Å². The Morgan fingerprint density at radius 2 is 1.95 bits per heavy atom. The minimum Gasteiger partial charge on any atom is -0.444 e. The molecule has 2 saturated carbocycles. The lowest BCUT2D eigenvalue weighted by Crippen LogP contribution is -2.42. The number of rotatable bonds is 5. The van der Waals surface area contributed by atoms with Gasteiger partial charge in [-0.1, -0.05) is 0 Å². The first-order valence-corrected chi connectivity index (χ1v) is 13.1. The summed E-state index contributed by atoms with van der Waals surface area (Å²) in [7, 11) is 0. The molecule has 3 heterocycles. The number of piperidine rings is 1. The van der Waals surface area contributed by atoms with Crippen molar-refractivity contribution in [1.82, 2.24) is 24.5 Å². The van der Waals surface area contributed by atoms with Gasteiger partial charge in [0, 0.05) is 35.8 Å². The number of carbonyl (C=O) groups excluding carboxylic acids is 2. The number of carbonyl (C=O) groups is 2. The Morgan fingerprint density at radius 1 is 1.22 bits per heavy atom. The zero-order valence-electron chi connectivity index (χ0n) is 22.6. The van der Waals surface area contributed by atoms with Gasteiger partial charge in [-0.05, 0) is 57.2 Å². The standard InChI is InChI=1S/C27H29F4N7O3/c1-25(2,3)41-24(40)36-11-16-20-18(7-26(16,20)12-36)38-22(32)19(23(33)39)21(35-38)14-8-34-37(10-14)9-13-6-15(27(29,30)31)4-5-17(13)28/h4-6,8,10,16,18,20H,7,9,11-12,32H2,1-3H3,(H2,33,39)/t16?,18-,20-,26+/m1/s1. The van der Waals surface area contributed by atoms with E-state index in [1.165, 1.54) is 17.1 Å². The van der Waals surface area contributed by atoms with Crippen LogP contribution in [0, 0.1) is 23.1 Å². The second-order valence-electron chi connectivity index (χ2n) is 12.1. The average molecular weight is 576 g/mol. The highest BCUT2D eigenvalue weighted by Crippen LogP contribution is 2.79. The first kappa shape index (κ1) is 27.1. The number of alkyl halides is 3. The van der Waals surface area contributed by atoms with Crippen LogP contribution < -0.4 is 11.5 Å². The summed E-state index contributed by atoms with van der Waals surface area (Å²) in [5, 5.41) is 8.76. The Morgan fingerprint density at radius 3 is 2.59 bits per heavy atom. The molecule has 2 aromatic heterocycles. The smallest absolute Gasteiger partial charge is 0.416 e. The van der Waals surface area contributed by atoms with Gasteiger partial charge in [0.1, 0.15) is 28.5 Å². The highest BCUT2D eigenvalue weighted by Gasteiger charge is 2.79. The van der Waals surface area contributed by atoms with Crippen LogP contribution in [0.15, 0.2) is 30.6 Å². The summed E-state index contributed by atoms with van der Waals surface area (Å²) in [6, 6.07) is 2.10. The molecule has 2 aliphatic carbocycles. The Kier molecular flexibility index (Phi) is 5.75. The first-order valence-electron chi connectivity index (χ1n) is 13.1. The van der Waals surface area contributed by atoms with Crippen LogP contribution in [0.5, 0.6) is 0 Å². The van der Waals surface area contributed by atoms with Crippen LogP contribution in [0.2, 0.25) is 0 Å². The van der Waals surface area contributed by atoms with Crippen LogP contribution in [0.3, 0.4) is 0 Å². The molecular weight excluding hydrogens is 546 g/mol. The topological polar surface area (TPSA) is 134 Å². The molecule has 3 aliphatic rings. The largest absolute Gasteiger partial charge is 0.444 e. The molecule has 1 saturated heterocycles. The second kappa shape index (κ2) is 8.70. The van der Waals surface area contributed by atoms with E-state index in [4.69, 9.17) is 16.2 Å². The molecule has 14 heteroatoms. The van der Waals surface area contributed by atoms with Gasteiger partial charge in [0.25, 0.3) is 5.91 Å². The number of benzene rings is 1. The van der Waals surface area contributed by atoms with Crippen molar-refractivity contribution in [1.29, 1.82) is 0 Å². The van der Waals surface area contributed by atoms with E-state index in [9.17, 15) is 27.2 Å². The third-order valence-corrected chi connectivity index (χ3v) is 8.40.